The lowest BCUT2D eigenvalue weighted by Crippen LogP contribution is -2.53. The molecule has 1 saturated carbocycles. The van der Waals surface area contributed by atoms with Gasteiger partial charge in [-0.2, -0.15) is 0 Å². The number of morpholine rings is 1. The van der Waals surface area contributed by atoms with Crippen molar-refractivity contribution in [3.63, 3.8) is 0 Å². The van der Waals surface area contributed by atoms with Crippen molar-refractivity contribution in [2.45, 2.75) is 44.8 Å². The Balaban J connectivity index is 2.06. The molecule has 4 atom stereocenters. The second-order valence-electron chi connectivity index (χ2n) is 5.83. The minimum absolute atomic E-state index is 0.0919. The van der Waals surface area contributed by atoms with Crippen LogP contribution in [0.15, 0.2) is 0 Å². The summed E-state index contributed by atoms with van der Waals surface area (Å²) >= 11 is 0. The molecule has 6 nitrogen and oxygen atoms in total. The second kappa shape index (κ2) is 6.54. The number of carboxylic acid groups (broad SMARTS) is 1. The predicted molar refractivity (Wildman–Crippen MR) is 71.1 cm³/mol. The average Bonchev–Trinajstić information content (AvgIpc) is 2.45. The molecule has 0 radical (unpaired) electrons. The van der Waals surface area contributed by atoms with E-state index in [1.54, 1.807) is 4.90 Å². The molecule has 2 rings (SSSR count). The van der Waals surface area contributed by atoms with Gasteiger partial charge in [-0.05, 0) is 19.8 Å². The van der Waals surface area contributed by atoms with Gasteiger partial charge in [-0.25, -0.2) is 0 Å². The molecule has 1 aliphatic heterocycles. The van der Waals surface area contributed by atoms with Crippen LogP contribution < -0.4 is 0 Å². The summed E-state index contributed by atoms with van der Waals surface area (Å²) in [5.74, 6) is -1.96. The fourth-order valence-electron chi connectivity index (χ4n) is 3.28. The zero-order valence-electron chi connectivity index (χ0n) is 11.8. The van der Waals surface area contributed by atoms with E-state index in [9.17, 15) is 19.8 Å². The van der Waals surface area contributed by atoms with E-state index in [-0.39, 0.29) is 24.7 Å². The topological polar surface area (TPSA) is 87.1 Å². The number of hydrogen-bond acceptors (Lipinski definition) is 4. The largest absolute Gasteiger partial charge is 0.481 e. The van der Waals surface area contributed by atoms with E-state index in [1.165, 1.54) is 0 Å². The molecule has 20 heavy (non-hydrogen) atoms. The first-order chi connectivity index (χ1) is 9.52. The summed E-state index contributed by atoms with van der Waals surface area (Å²) in [4.78, 5) is 25.6. The molecule has 0 bridgehead atoms. The first-order valence-corrected chi connectivity index (χ1v) is 7.30. The maximum absolute atomic E-state index is 12.6. The number of nitrogens with zero attached hydrogens (tertiary/aromatic N) is 1. The highest BCUT2D eigenvalue weighted by Crippen LogP contribution is 2.32. The van der Waals surface area contributed by atoms with Gasteiger partial charge in [0.25, 0.3) is 0 Å². The number of carbonyl (C=O) groups is 2. The first kappa shape index (κ1) is 15.3. The van der Waals surface area contributed by atoms with Crippen LogP contribution in [0.2, 0.25) is 0 Å². The number of ether oxygens (including phenoxy) is 1. The van der Waals surface area contributed by atoms with Gasteiger partial charge in [0.15, 0.2) is 0 Å². The maximum Gasteiger partial charge on any atom is 0.307 e. The van der Waals surface area contributed by atoms with Crippen LogP contribution >= 0.6 is 0 Å². The van der Waals surface area contributed by atoms with Gasteiger partial charge >= 0.3 is 5.97 Å². The van der Waals surface area contributed by atoms with Crippen LogP contribution in [-0.2, 0) is 14.3 Å². The number of aliphatic hydroxyl groups excluding tert-OH is 1. The van der Waals surface area contributed by atoms with E-state index in [1.807, 2.05) is 6.92 Å². The summed E-state index contributed by atoms with van der Waals surface area (Å²) < 4.78 is 5.52. The van der Waals surface area contributed by atoms with E-state index >= 15 is 0 Å². The summed E-state index contributed by atoms with van der Waals surface area (Å²) in [5, 5.41) is 18.5. The van der Waals surface area contributed by atoms with Crippen molar-refractivity contribution in [2.75, 3.05) is 19.7 Å². The van der Waals surface area contributed by atoms with Crippen molar-refractivity contribution < 1.29 is 24.5 Å². The average molecular weight is 285 g/mol. The van der Waals surface area contributed by atoms with Crippen molar-refractivity contribution in [2.24, 2.45) is 11.8 Å². The predicted octanol–water partition coefficient (Wildman–Crippen LogP) is 0.486. The first-order valence-electron chi connectivity index (χ1n) is 7.30. The van der Waals surface area contributed by atoms with Crippen molar-refractivity contribution in [3.8, 4) is 0 Å². The van der Waals surface area contributed by atoms with Gasteiger partial charge in [-0.15, -0.1) is 0 Å². The summed E-state index contributed by atoms with van der Waals surface area (Å²) in [5.41, 5.74) is 0. The van der Waals surface area contributed by atoms with Gasteiger partial charge in [0.1, 0.15) is 0 Å². The van der Waals surface area contributed by atoms with E-state index in [2.05, 4.69) is 0 Å². The molecule has 1 aliphatic carbocycles. The Labute approximate surface area is 118 Å². The molecule has 0 aromatic rings. The van der Waals surface area contributed by atoms with E-state index in [0.29, 0.717) is 25.9 Å². The zero-order valence-corrected chi connectivity index (χ0v) is 11.8. The number of rotatable bonds is 3. The normalized spacial score (nSPS) is 34.8. The van der Waals surface area contributed by atoms with Gasteiger partial charge in [-0.1, -0.05) is 12.8 Å². The number of hydrogen-bond donors (Lipinski definition) is 2. The fourth-order valence-corrected chi connectivity index (χ4v) is 3.28. The third-order valence-electron chi connectivity index (χ3n) is 4.24. The molecule has 1 heterocycles. The van der Waals surface area contributed by atoms with Crippen LogP contribution in [0.1, 0.15) is 32.6 Å². The quantitative estimate of drug-likeness (QED) is 0.788. The number of amides is 1. The van der Waals surface area contributed by atoms with Crippen molar-refractivity contribution >= 4 is 11.9 Å². The van der Waals surface area contributed by atoms with Crippen LogP contribution in [0.25, 0.3) is 0 Å². The Morgan fingerprint density at radius 1 is 1.20 bits per heavy atom. The number of aliphatic carboxylic acids is 1. The molecule has 2 aliphatic rings. The second-order valence-corrected chi connectivity index (χ2v) is 5.83. The van der Waals surface area contributed by atoms with Gasteiger partial charge in [0.2, 0.25) is 5.91 Å². The summed E-state index contributed by atoms with van der Waals surface area (Å²) in [6, 6.07) is 0. The lowest BCUT2D eigenvalue weighted by atomic mass is 9.78. The lowest BCUT2D eigenvalue weighted by molar-refractivity contribution is -0.160. The van der Waals surface area contributed by atoms with Gasteiger partial charge in [0.05, 0.1) is 30.7 Å². The summed E-state index contributed by atoms with van der Waals surface area (Å²) in [6.45, 7) is 2.56. The van der Waals surface area contributed by atoms with Gasteiger partial charge in [-0.3, -0.25) is 9.59 Å². The van der Waals surface area contributed by atoms with E-state index < -0.39 is 17.8 Å². The third kappa shape index (κ3) is 3.30. The zero-order chi connectivity index (χ0) is 14.7. The molecule has 1 saturated heterocycles. The Bertz CT molecular complexity index is 373. The standard InChI is InChI=1S/C14H23NO5/c1-9-6-15(7-10(8-16)20-9)13(17)11-4-2-3-5-12(11)14(18)19/h9-12,16H,2-8H2,1H3,(H,18,19)/t9?,10?,11-,12+/m1/s1. The van der Waals surface area contributed by atoms with Crippen LogP contribution in [-0.4, -0.2) is 58.9 Å². The summed E-state index contributed by atoms with van der Waals surface area (Å²) in [6.07, 6.45) is 2.51. The number of aliphatic hydroxyl groups is 1. The molecule has 0 aromatic carbocycles. The van der Waals surface area contributed by atoms with Crippen LogP contribution in [0.4, 0.5) is 0 Å². The molecule has 2 fully saturated rings. The molecule has 0 spiro atoms. The van der Waals surface area contributed by atoms with Crippen molar-refractivity contribution in [1.29, 1.82) is 0 Å². The van der Waals surface area contributed by atoms with Crippen LogP contribution in [0, 0.1) is 11.8 Å². The van der Waals surface area contributed by atoms with Crippen LogP contribution in [0.5, 0.6) is 0 Å². The van der Waals surface area contributed by atoms with E-state index in [0.717, 1.165) is 12.8 Å². The smallest absolute Gasteiger partial charge is 0.307 e. The minimum Gasteiger partial charge on any atom is -0.481 e. The van der Waals surface area contributed by atoms with Crippen molar-refractivity contribution in [3.05, 3.63) is 0 Å². The molecule has 2 N–H and O–H groups in total. The molecule has 114 valence electrons. The lowest BCUT2D eigenvalue weighted by Gasteiger charge is -2.39. The molecule has 2 unspecified atom stereocenters. The maximum atomic E-state index is 12.6. The Morgan fingerprint density at radius 2 is 1.85 bits per heavy atom. The molecule has 1 amide bonds. The molecular formula is C14H23NO5. The third-order valence-corrected chi connectivity index (χ3v) is 4.24. The molecule has 6 heteroatoms. The monoisotopic (exact) mass is 285 g/mol. The molecule has 0 aromatic heterocycles. The molecular weight excluding hydrogens is 262 g/mol. The Hall–Kier alpha value is -1.14. The van der Waals surface area contributed by atoms with Crippen molar-refractivity contribution in [1.82, 2.24) is 4.90 Å². The van der Waals surface area contributed by atoms with Gasteiger partial charge in [0, 0.05) is 13.1 Å². The fraction of sp³-hybridized carbons (Fsp3) is 0.857. The van der Waals surface area contributed by atoms with Crippen LogP contribution in [0.3, 0.4) is 0 Å². The summed E-state index contributed by atoms with van der Waals surface area (Å²) in [7, 11) is 0. The minimum atomic E-state index is -0.872. The highest BCUT2D eigenvalue weighted by Gasteiger charge is 2.39. The number of carboxylic acids is 1. The van der Waals surface area contributed by atoms with E-state index in [4.69, 9.17) is 4.74 Å². The SMILES string of the molecule is CC1CN(C(=O)[C@@H]2CCCC[C@@H]2C(=O)O)CC(CO)O1. The number of carbonyl (C=O) groups excluding carboxylic acids is 1. The Kier molecular flexibility index (Phi) is 4.99. The Morgan fingerprint density at radius 3 is 2.45 bits per heavy atom. The van der Waals surface area contributed by atoms with Gasteiger partial charge < -0.3 is 19.8 Å². The highest BCUT2D eigenvalue weighted by molar-refractivity contribution is 5.85. The highest BCUT2D eigenvalue weighted by atomic mass is 16.5.